The summed E-state index contributed by atoms with van der Waals surface area (Å²) in [7, 11) is -2.73. The maximum atomic E-state index is 13.7. The minimum atomic E-state index is -4.04. The van der Waals surface area contributed by atoms with Gasteiger partial charge in [0.25, 0.3) is 0 Å². The Morgan fingerprint density at radius 2 is 1.40 bits per heavy atom. The topological polar surface area (TPSA) is 115 Å². The number of carbonyl (C=O) groups excluding carboxylic acids is 1. The monoisotopic (exact) mass is 620 g/mol. The van der Waals surface area contributed by atoms with Crippen LogP contribution in [-0.2, 0) is 27.8 Å². The first kappa shape index (κ1) is 31.7. The fourth-order valence-corrected chi connectivity index (χ4v) is 5.87. The smallest absolute Gasteiger partial charge is 0.339 e. The predicted octanol–water partition coefficient (Wildman–Crippen LogP) is 6.46. The van der Waals surface area contributed by atoms with Crippen LogP contribution >= 0.6 is 11.6 Å². The Hall–Kier alpha value is -4.18. The Balaban J connectivity index is 1.59. The number of sulfonamides is 1. The number of halogens is 1. The van der Waals surface area contributed by atoms with E-state index in [-0.39, 0.29) is 22.7 Å². The molecule has 4 rings (SSSR count). The maximum absolute atomic E-state index is 13.7. The van der Waals surface area contributed by atoms with E-state index in [4.69, 9.17) is 11.6 Å². The quantitative estimate of drug-likeness (QED) is 0.199. The summed E-state index contributed by atoms with van der Waals surface area (Å²) in [6.07, 6.45) is 0.895. The van der Waals surface area contributed by atoms with E-state index in [0.717, 1.165) is 33.0 Å². The molecule has 2 N–H and O–H groups in total. The van der Waals surface area contributed by atoms with Gasteiger partial charge in [0, 0.05) is 17.8 Å². The standard InChI is InChI=1S/C33H33ClN2O6S/c1-22(2)18-23-4-6-24(7-5-23)20-36(28-14-17-31(37)30(19-28)33(39)40)32(38)21-35(3)43(41,42)29-15-10-26(11-16-29)25-8-12-27(34)13-9-25/h4-17,19,22,37H,18,20-21H2,1-3H3,(H,39,40). The summed E-state index contributed by atoms with van der Waals surface area (Å²) in [4.78, 5) is 26.7. The highest BCUT2D eigenvalue weighted by molar-refractivity contribution is 7.89. The number of benzene rings is 4. The second-order valence-electron chi connectivity index (χ2n) is 10.7. The average molecular weight is 621 g/mol. The zero-order valence-electron chi connectivity index (χ0n) is 24.1. The van der Waals surface area contributed by atoms with Crippen molar-refractivity contribution in [1.82, 2.24) is 4.31 Å². The summed E-state index contributed by atoms with van der Waals surface area (Å²) < 4.78 is 27.8. The third-order valence-corrected chi connectivity index (χ3v) is 9.00. The van der Waals surface area contributed by atoms with E-state index in [9.17, 15) is 28.2 Å². The molecule has 1 amide bonds. The van der Waals surface area contributed by atoms with Gasteiger partial charge in [0.1, 0.15) is 11.3 Å². The van der Waals surface area contributed by atoms with Crippen molar-refractivity contribution in [3.05, 3.63) is 113 Å². The fraction of sp³-hybridized carbons (Fsp3) is 0.212. The number of anilines is 1. The number of amides is 1. The van der Waals surface area contributed by atoms with E-state index in [2.05, 4.69) is 13.8 Å². The number of hydrogen-bond donors (Lipinski definition) is 2. The molecule has 4 aromatic rings. The molecule has 8 nitrogen and oxygen atoms in total. The molecule has 0 aliphatic carbocycles. The van der Waals surface area contributed by atoms with Gasteiger partial charge >= 0.3 is 5.97 Å². The Labute approximate surface area is 256 Å². The van der Waals surface area contributed by atoms with Gasteiger partial charge in [-0.3, -0.25) is 4.79 Å². The van der Waals surface area contributed by atoms with Gasteiger partial charge in [-0.25, -0.2) is 13.2 Å². The minimum absolute atomic E-state index is 0.0191. The van der Waals surface area contributed by atoms with E-state index in [0.29, 0.717) is 10.9 Å². The third-order valence-electron chi connectivity index (χ3n) is 6.93. The van der Waals surface area contributed by atoms with Crippen LogP contribution in [0.15, 0.2) is 95.9 Å². The van der Waals surface area contributed by atoms with Gasteiger partial charge in [-0.1, -0.05) is 74.0 Å². The molecule has 0 fully saturated rings. The molecule has 43 heavy (non-hydrogen) atoms. The molecule has 0 atom stereocenters. The lowest BCUT2D eigenvalue weighted by Gasteiger charge is -2.26. The van der Waals surface area contributed by atoms with Gasteiger partial charge in [-0.15, -0.1) is 0 Å². The van der Waals surface area contributed by atoms with Crippen LogP contribution in [0.2, 0.25) is 5.02 Å². The van der Waals surface area contributed by atoms with E-state index >= 15 is 0 Å². The Morgan fingerprint density at radius 3 is 1.95 bits per heavy atom. The normalized spacial score (nSPS) is 11.6. The lowest BCUT2D eigenvalue weighted by atomic mass is 10.0. The Bertz CT molecular complexity index is 1700. The summed E-state index contributed by atoms with van der Waals surface area (Å²) in [5.74, 6) is -1.89. The van der Waals surface area contributed by atoms with Crippen molar-refractivity contribution in [3.63, 3.8) is 0 Å². The van der Waals surface area contributed by atoms with E-state index in [1.165, 1.54) is 42.3 Å². The SMILES string of the molecule is CC(C)Cc1ccc(CN(C(=O)CN(C)S(=O)(=O)c2ccc(-c3ccc(Cl)cc3)cc2)c2ccc(O)c(C(=O)O)c2)cc1. The van der Waals surface area contributed by atoms with Crippen LogP contribution in [0.1, 0.15) is 35.3 Å². The largest absolute Gasteiger partial charge is 0.507 e. The summed E-state index contributed by atoms with van der Waals surface area (Å²) in [5, 5.41) is 20.1. The number of rotatable bonds is 11. The molecule has 0 aromatic heterocycles. The van der Waals surface area contributed by atoms with Crippen molar-refractivity contribution in [1.29, 1.82) is 0 Å². The number of carboxylic acid groups (broad SMARTS) is 1. The van der Waals surface area contributed by atoms with Crippen molar-refractivity contribution < 1.29 is 28.2 Å². The number of carboxylic acids is 1. The van der Waals surface area contributed by atoms with Crippen LogP contribution in [0.4, 0.5) is 5.69 Å². The van der Waals surface area contributed by atoms with Crippen molar-refractivity contribution in [2.24, 2.45) is 5.92 Å². The van der Waals surface area contributed by atoms with Crippen molar-refractivity contribution in [3.8, 4) is 16.9 Å². The predicted molar refractivity (Wildman–Crippen MR) is 168 cm³/mol. The molecule has 0 bridgehead atoms. The molecule has 0 unspecified atom stereocenters. The van der Waals surface area contributed by atoms with E-state index in [1.54, 1.807) is 24.3 Å². The van der Waals surface area contributed by atoms with Crippen LogP contribution < -0.4 is 4.90 Å². The van der Waals surface area contributed by atoms with Crippen LogP contribution in [-0.4, -0.2) is 48.4 Å². The number of likely N-dealkylation sites (N-methyl/N-ethyl adjacent to an activating group) is 1. The third kappa shape index (κ3) is 7.81. The van der Waals surface area contributed by atoms with Crippen LogP contribution in [0.3, 0.4) is 0 Å². The molecule has 0 aliphatic heterocycles. The molecule has 0 aliphatic rings. The average Bonchev–Trinajstić information content (AvgIpc) is 2.97. The van der Waals surface area contributed by atoms with E-state index < -0.39 is 34.2 Å². The lowest BCUT2D eigenvalue weighted by molar-refractivity contribution is -0.118. The molecule has 10 heteroatoms. The summed E-state index contributed by atoms with van der Waals surface area (Å²) in [5.41, 5.74) is 3.44. The Morgan fingerprint density at radius 1 is 0.837 bits per heavy atom. The van der Waals surface area contributed by atoms with Crippen molar-refractivity contribution in [2.45, 2.75) is 31.7 Å². The second-order valence-corrected chi connectivity index (χ2v) is 13.2. The fourth-order valence-electron chi connectivity index (χ4n) is 4.62. The summed E-state index contributed by atoms with van der Waals surface area (Å²) in [6.45, 7) is 3.81. The van der Waals surface area contributed by atoms with Crippen LogP contribution in [0.25, 0.3) is 11.1 Å². The number of aromatic hydroxyl groups is 1. The number of nitrogens with zero attached hydrogens (tertiary/aromatic N) is 2. The molecular weight excluding hydrogens is 588 g/mol. The number of carbonyl (C=O) groups is 2. The molecule has 0 saturated heterocycles. The molecule has 224 valence electrons. The Kier molecular flexibility index (Phi) is 9.91. The number of aromatic carboxylic acids is 1. The number of hydrogen-bond acceptors (Lipinski definition) is 5. The van der Waals surface area contributed by atoms with Gasteiger partial charge in [-0.2, -0.15) is 4.31 Å². The van der Waals surface area contributed by atoms with Gasteiger partial charge in [0.05, 0.1) is 18.0 Å². The highest BCUT2D eigenvalue weighted by Gasteiger charge is 2.27. The van der Waals surface area contributed by atoms with Crippen molar-refractivity contribution in [2.75, 3.05) is 18.5 Å². The van der Waals surface area contributed by atoms with Gasteiger partial charge in [0.15, 0.2) is 0 Å². The molecular formula is C33H33ClN2O6S. The van der Waals surface area contributed by atoms with Gasteiger partial charge in [-0.05, 0) is 77.1 Å². The van der Waals surface area contributed by atoms with Crippen LogP contribution in [0, 0.1) is 5.92 Å². The first-order valence-electron chi connectivity index (χ1n) is 13.6. The zero-order valence-corrected chi connectivity index (χ0v) is 25.6. The molecule has 0 spiro atoms. The summed E-state index contributed by atoms with van der Waals surface area (Å²) in [6, 6.07) is 25.1. The number of phenols is 1. The highest BCUT2D eigenvalue weighted by atomic mass is 35.5. The van der Waals surface area contributed by atoms with E-state index in [1.807, 2.05) is 36.4 Å². The zero-order chi connectivity index (χ0) is 31.3. The first-order valence-corrected chi connectivity index (χ1v) is 15.4. The molecule has 0 saturated carbocycles. The lowest BCUT2D eigenvalue weighted by Crippen LogP contribution is -2.41. The minimum Gasteiger partial charge on any atom is -0.507 e. The summed E-state index contributed by atoms with van der Waals surface area (Å²) >= 11 is 5.97. The van der Waals surface area contributed by atoms with Gasteiger partial charge < -0.3 is 15.1 Å². The van der Waals surface area contributed by atoms with Crippen LogP contribution in [0.5, 0.6) is 5.75 Å². The molecule has 4 aromatic carbocycles. The van der Waals surface area contributed by atoms with Crippen molar-refractivity contribution >= 4 is 39.2 Å². The van der Waals surface area contributed by atoms with Gasteiger partial charge in [0.2, 0.25) is 15.9 Å². The molecule has 0 radical (unpaired) electrons. The second kappa shape index (κ2) is 13.4. The maximum Gasteiger partial charge on any atom is 0.339 e. The first-order chi connectivity index (χ1) is 20.3. The highest BCUT2D eigenvalue weighted by Crippen LogP contribution is 2.27. The molecule has 0 heterocycles.